The monoisotopic (exact) mass is 357 g/mol. The van der Waals surface area contributed by atoms with Gasteiger partial charge >= 0.3 is 18.0 Å². The Bertz CT molecular complexity index is 676. The number of halogens is 3. The third-order valence-electron chi connectivity index (χ3n) is 3.80. The van der Waals surface area contributed by atoms with Crippen LogP contribution in [0.15, 0.2) is 42.1 Å². The first-order valence-electron chi connectivity index (χ1n) is 7.56. The Labute approximate surface area is 142 Å². The summed E-state index contributed by atoms with van der Waals surface area (Å²) in [7, 11) is 0. The number of alkyl halides is 3. The van der Waals surface area contributed by atoms with E-state index >= 15 is 0 Å². The van der Waals surface area contributed by atoms with Crippen LogP contribution in [-0.4, -0.2) is 40.4 Å². The minimum Gasteiger partial charge on any atom is -0.362 e. The van der Waals surface area contributed by atoms with Gasteiger partial charge in [-0.3, -0.25) is 15.0 Å². The van der Waals surface area contributed by atoms with E-state index in [1.165, 1.54) is 13.0 Å². The molecule has 25 heavy (non-hydrogen) atoms. The maximum atomic E-state index is 13.2. The van der Waals surface area contributed by atoms with Gasteiger partial charge in [0.2, 0.25) is 0 Å². The molecule has 0 aromatic heterocycles. The summed E-state index contributed by atoms with van der Waals surface area (Å²) in [5.74, 6) is -2.74. The molecule has 1 saturated heterocycles. The van der Waals surface area contributed by atoms with Crippen molar-refractivity contribution in [1.82, 2.24) is 15.8 Å². The first kappa shape index (κ1) is 18.8. The number of benzene rings is 1. The van der Waals surface area contributed by atoms with Crippen LogP contribution in [0.5, 0.6) is 0 Å². The SMILES string of the molecule is CC=C1CC(O)(C(F)(F)F)N(C(=O)C(=O)NCCc2ccccc2)N1. The van der Waals surface area contributed by atoms with E-state index in [2.05, 4.69) is 10.7 Å². The highest BCUT2D eigenvalue weighted by Crippen LogP contribution is 2.40. The normalized spacial score (nSPS) is 22.0. The quantitative estimate of drug-likeness (QED) is 0.711. The molecule has 0 spiro atoms. The number of nitrogens with zero attached hydrogens (tertiary/aromatic N) is 1. The number of carbonyl (C=O) groups excluding carboxylic acids is 2. The first-order chi connectivity index (χ1) is 11.7. The van der Waals surface area contributed by atoms with E-state index in [-0.39, 0.29) is 17.3 Å². The average molecular weight is 357 g/mol. The zero-order valence-electron chi connectivity index (χ0n) is 13.4. The van der Waals surface area contributed by atoms with Crippen molar-refractivity contribution in [2.45, 2.75) is 31.7 Å². The Morgan fingerprint density at radius 3 is 2.56 bits per heavy atom. The number of amides is 2. The van der Waals surface area contributed by atoms with Crippen molar-refractivity contribution < 1.29 is 27.9 Å². The fourth-order valence-electron chi connectivity index (χ4n) is 2.37. The molecule has 0 aliphatic carbocycles. The molecule has 0 radical (unpaired) electrons. The van der Waals surface area contributed by atoms with E-state index in [1.54, 1.807) is 12.1 Å². The molecular weight excluding hydrogens is 339 g/mol. The molecule has 136 valence electrons. The summed E-state index contributed by atoms with van der Waals surface area (Å²) >= 11 is 0. The Hall–Kier alpha value is -2.55. The Balaban J connectivity index is 2.03. The molecule has 1 aromatic rings. The Morgan fingerprint density at radius 1 is 1.36 bits per heavy atom. The fraction of sp³-hybridized carbons (Fsp3) is 0.375. The van der Waals surface area contributed by atoms with Crippen LogP contribution in [0.1, 0.15) is 18.9 Å². The van der Waals surface area contributed by atoms with Crippen LogP contribution in [-0.2, 0) is 16.0 Å². The smallest absolute Gasteiger partial charge is 0.362 e. The number of hydrazine groups is 1. The number of aliphatic hydroxyl groups is 1. The zero-order chi connectivity index (χ0) is 18.7. The molecule has 0 saturated carbocycles. The maximum absolute atomic E-state index is 13.2. The van der Waals surface area contributed by atoms with Gasteiger partial charge in [-0.1, -0.05) is 36.4 Å². The predicted octanol–water partition coefficient (Wildman–Crippen LogP) is 1.24. The third kappa shape index (κ3) is 3.93. The van der Waals surface area contributed by atoms with Gasteiger partial charge in [-0.05, 0) is 18.9 Å². The van der Waals surface area contributed by atoms with Crippen molar-refractivity contribution in [2.24, 2.45) is 0 Å². The van der Waals surface area contributed by atoms with E-state index in [1.807, 2.05) is 18.2 Å². The van der Waals surface area contributed by atoms with E-state index in [4.69, 9.17) is 0 Å². The largest absolute Gasteiger partial charge is 0.438 e. The van der Waals surface area contributed by atoms with Gasteiger partial charge in [-0.15, -0.1) is 0 Å². The first-order valence-corrected chi connectivity index (χ1v) is 7.56. The van der Waals surface area contributed by atoms with E-state index in [9.17, 15) is 27.9 Å². The maximum Gasteiger partial charge on any atom is 0.438 e. The number of allylic oxidation sites excluding steroid dienone is 1. The van der Waals surface area contributed by atoms with Crippen molar-refractivity contribution in [3.63, 3.8) is 0 Å². The van der Waals surface area contributed by atoms with Crippen LogP contribution in [0.3, 0.4) is 0 Å². The van der Waals surface area contributed by atoms with Gasteiger partial charge in [-0.25, -0.2) is 5.01 Å². The number of nitrogens with one attached hydrogen (secondary N) is 2. The van der Waals surface area contributed by atoms with Crippen LogP contribution < -0.4 is 10.7 Å². The van der Waals surface area contributed by atoms with Gasteiger partial charge in [0, 0.05) is 18.7 Å². The lowest BCUT2D eigenvalue weighted by molar-refractivity contribution is -0.303. The van der Waals surface area contributed by atoms with E-state index in [0.29, 0.717) is 6.42 Å². The van der Waals surface area contributed by atoms with Crippen LogP contribution in [0.25, 0.3) is 0 Å². The van der Waals surface area contributed by atoms with Crippen LogP contribution >= 0.6 is 0 Å². The summed E-state index contributed by atoms with van der Waals surface area (Å²) < 4.78 is 39.5. The molecular formula is C16H18F3N3O3. The highest BCUT2D eigenvalue weighted by Gasteiger charge is 2.64. The molecule has 9 heteroatoms. The average Bonchev–Trinajstić information content (AvgIpc) is 2.93. The van der Waals surface area contributed by atoms with Crippen LogP contribution in [0.2, 0.25) is 0 Å². The minimum absolute atomic E-state index is 0.00902. The Morgan fingerprint density at radius 2 is 2.00 bits per heavy atom. The van der Waals surface area contributed by atoms with Crippen molar-refractivity contribution in [3.05, 3.63) is 47.7 Å². The lowest BCUT2D eigenvalue weighted by Crippen LogP contribution is -2.62. The van der Waals surface area contributed by atoms with Crippen molar-refractivity contribution in [3.8, 4) is 0 Å². The summed E-state index contributed by atoms with van der Waals surface area (Å²) in [6, 6.07) is 9.06. The van der Waals surface area contributed by atoms with Gasteiger partial charge in [0.15, 0.2) is 0 Å². The molecule has 2 amide bonds. The summed E-state index contributed by atoms with van der Waals surface area (Å²) in [4.78, 5) is 24.0. The standard InChI is InChI=1S/C16H18F3N3O3/c1-2-12-10-15(25,16(17,18)19)22(21-12)14(24)13(23)20-9-8-11-6-4-3-5-7-11/h2-7,21,25H,8-10H2,1H3,(H,20,23). The summed E-state index contributed by atoms with van der Waals surface area (Å²) in [6.45, 7) is 1.52. The summed E-state index contributed by atoms with van der Waals surface area (Å²) in [6.07, 6.45) is -4.28. The molecule has 1 aliphatic heterocycles. The third-order valence-corrected chi connectivity index (χ3v) is 3.80. The number of hydrogen-bond acceptors (Lipinski definition) is 4. The zero-order valence-corrected chi connectivity index (χ0v) is 13.4. The summed E-state index contributed by atoms with van der Waals surface area (Å²) in [5, 5.41) is 12.1. The molecule has 1 aliphatic rings. The van der Waals surface area contributed by atoms with Gasteiger partial charge in [-0.2, -0.15) is 13.2 Å². The van der Waals surface area contributed by atoms with Gasteiger partial charge in [0.05, 0.1) is 0 Å². The molecule has 6 nitrogen and oxygen atoms in total. The van der Waals surface area contributed by atoms with Gasteiger partial charge in [0.25, 0.3) is 5.72 Å². The van der Waals surface area contributed by atoms with Crippen molar-refractivity contribution >= 4 is 11.8 Å². The lowest BCUT2D eigenvalue weighted by Gasteiger charge is -2.32. The minimum atomic E-state index is -5.12. The Kier molecular flexibility index (Phi) is 5.36. The highest BCUT2D eigenvalue weighted by molar-refractivity contribution is 6.35. The number of hydrogen-bond donors (Lipinski definition) is 3. The van der Waals surface area contributed by atoms with Gasteiger partial charge < -0.3 is 10.4 Å². The topological polar surface area (TPSA) is 81.7 Å². The molecule has 1 aromatic carbocycles. The fourth-order valence-corrected chi connectivity index (χ4v) is 2.37. The van der Waals surface area contributed by atoms with Crippen molar-refractivity contribution in [2.75, 3.05) is 6.54 Å². The number of rotatable bonds is 3. The van der Waals surface area contributed by atoms with Crippen LogP contribution in [0.4, 0.5) is 13.2 Å². The molecule has 1 fully saturated rings. The predicted molar refractivity (Wildman–Crippen MR) is 82.5 cm³/mol. The van der Waals surface area contributed by atoms with E-state index in [0.717, 1.165) is 5.56 Å². The lowest BCUT2D eigenvalue weighted by atomic mass is 10.1. The van der Waals surface area contributed by atoms with Crippen molar-refractivity contribution in [1.29, 1.82) is 0 Å². The van der Waals surface area contributed by atoms with E-state index < -0.39 is 30.1 Å². The summed E-state index contributed by atoms with van der Waals surface area (Å²) in [5.41, 5.74) is -0.437. The molecule has 3 N–H and O–H groups in total. The highest BCUT2D eigenvalue weighted by atomic mass is 19.4. The van der Waals surface area contributed by atoms with Crippen LogP contribution in [0, 0.1) is 0 Å². The second-order valence-corrected chi connectivity index (χ2v) is 5.55. The molecule has 2 rings (SSSR count). The molecule has 1 unspecified atom stereocenters. The second-order valence-electron chi connectivity index (χ2n) is 5.55. The molecule has 1 heterocycles. The number of carbonyl (C=O) groups is 2. The molecule has 0 bridgehead atoms. The van der Waals surface area contributed by atoms with Gasteiger partial charge in [0.1, 0.15) is 0 Å². The molecule has 1 atom stereocenters. The second kappa shape index (κ2) is 7.14.